The minimum absolute atomic E-state index is 0.139. The highest BCUT2D eigenvalue weighted by molar-refractivity contribution is 5.91. The highest BCUT2D eigenvalue weighted by atomic mass is 16.6. The Bertz CT molecular complexity index is 768. The summed E-state index contributed by atoms with van der Waals surface area (Å²) >= 11 is 0. The van der Waals surface area contributed by atoms with Crippen molar-refractivity contribution in [3.63, 3.8) is 0 Å². The summed E-state index contributed by atoms with van der Waals surface area (Å²) in [6, 6.07) is 15.1. The molecule has 0 radical (unpaired) electrons. The lowest BCUT2D eigenvalue weighted by atomic mass is 10.2. The Hall–Kier alpha value is -2.95. The minimum Gasteiger partial charge on any atom is -0.491 e. The fraction of sp³-hybridized carbons (Fsp3) is 0.286. The van der Waals surface area contributed by atoms with E-state index in [-0.39, 0.29) is 18.1 Å². The molecule has 136 valence electrons. The summed E-state index contributed by atoms with van der Waals surface area (Å²) in [7, 11) is 0. The van der Waals surface area contributed by atoms with E-state index in [9.17, 15) is 4.79 Å². The van der Waals surface area contributed by atoms with Crippen LogP contribution in [-0.4, -0.2) is 31.3 Å². The zero-order valence-electron chi connectivity index (χ0n) is 15.0. The maximum absolute atomic E-state index is 12.0. The number of carbonyl (C=O) groups excluding carboxylic acids is 1. The average Bonchev–Trinajstić information content (AvgIpc) is 2.65. The van der Waals surface area contributed by atoms with E-state index in [0.717, 1.165) is 17.1 Å². The summed E-state index contributed by atoms with van der Waals surface area (Å²) < 4.78 is 17.0. The maximum atomic E-state index is 12.0. The van der Waals surface area contributed by atoms with E-state index in [1.807, 2.05) is 62.4 Å². The predicted molar refractivity (Wildman–Crippen MR) is 101 cm³/mol. The van der Waals surface area contributed by atoms with Gasteiger partial charge in [-0.1, -0.05) is 24.3 Å². The molecule has 0 unspecified atom stereocenters. The molecule has 1 heterocycles. The van der Waals surface area contributed by atoms with Crippen molar-refractivity contribution in [3.8, 4) is 17.2 Å². The van der Waals surface area contributed by atoms with Gasteiger partial charge in [0.1, 0.15) is 18.5 Å². The summed E-state index contributed by atoms with van der Waals surface area (Å²) in [6.07, 6.45) is 3.22. The van der Waals surface area contributed by atoms with Crippen molar-refractivity contribution >= 4 is 12.0 Å². The first kappa shape index (κ1) is 17.9. The van der Waals surface area contributed by atoms with Crippen molar-refractivity contribution in [2.45, 2.75) is 26.1 Å². The number of carbonyl (C=O) groups is 1. The summed E-state index contributed by atoms with van der Waals surface area (Å²) in [5.74, 6) is 2.09. The van der Waals surface area contributed by atoms with E-state index in [1.54, 1.807) is 6.08 Å². The average molecular weight is 353 g/mol. The van der Waals surface area contributed by atoms with Crippen molar-refractivity contribution < 1.29 is 19.0 Å². The van der Waals surface area contributed by atoms with Gasteiger partial charge in [-0.05, 0) is 49.8 Å². The molecule has 2 aromatic rings. The molecule has 0 saturated heterocycles. The van der Waals surface area contributed by atoms with Gasteiger partial charge in [0.2, 0.25) is 5.91 Å². The number of benzene rings is 2. The third-order valence-corrected chi connectivity index (χ3v) is 3.75. The van der Waals surface area contributed by atoms with Crippen LogP contribution >= 0.6 is 0 Å². The van der Waals surface area contributed by atoms with Gasteiger partial charge in [0, 0.05) is 6.08 Å². The minimum atomic E-state index is -0.199. The Morgan fingerprint density at radius 1 is 1.19 bits per heavy atom. The first-order valence-corrected chi connectivity index (χ1v) is 8.71. The molecule has 0 saturated carbocycles. The van der Waals surface area contributed by atoms with Crippen molar-refractivity contribution in [2.24, 2.45) is 0 Å². The third kappa shape index (κ3) is 5.02. The van der Waals surface area contributed by atoms with Gasteiger partial charge in [-0.15, -0.1) is 0 Å². The molecule has 1 amide bonds. The van der Waals surface area contributed by atoms with Gasteiger partial charge in [-0.25, -0.2) is 0 Å². The Labute approximate surface area is 153 Å². The van der Waals surface area contributed by atoms with E-state index in [4.69, 9.17) is 14.2 Å². The van der Waals surface area contributed by atoms with E-state index in [1.165, 1.54) is 6.08 Å². The number of hydrogen-bond donors (Lipinski definition) is 1. The van der Waals surface area contributed by atoms with Crippen LogP contribution in [0.2, 0.25) is 0 Å². The molecule has 0 bridgehead atoms. The topological polar surface area (TPSA) is 56.8 Å². The lowest BCUT2D eigenvalue weighted by Crippen LogP contribution is -2.40. The highest BCUT2D eigenvalue weighted by Gasteiger charge is 2.20. The van der Waals surface area contributed by atoms with Crippen molar-refractivity contribution in [3.05, 3.63) is 60.2 Å². The van der Waals surface area contributed by atoms with Gasteiger partial charge in [-0.2, -0.15) is 0 Å². The SMILES string of the molecule is CC(C)Oc1ccc(/C=C/C(=O)NC[C@@H]2COc3ccccc3O2)cc1. The molecule has 1 N–H and O–H groups in total. The number of para-hydroxylation sites is 2. The van der Waals surface area contributed by atoms with Crippen molar-refractivity contribution in [2.75, 3.05) is 13.2 Å². The number of fused-ring (bicyclic) bond motifs is 1. The molecule has 2 aromatic carbocycles. The molecule has 0 aromatic heterocycles. The van der Waals surface area contributed by atoms with Crippen LogP contribution in [0.15, 0.2) is 54.6 Å². The molecule has 3 rings (SSSR count). The van der Waals surface area contributed by atoms with Crippen LogP contribution in [0.25, 0.3) is 6.08 Å². The molecular weight excluding hydrogens is 330 g/mol. The fourth-order valence-corrected chi connectivity index (χ4v) is 2.54. The van der Waals surface area contributed by atoms with E-state index >= 15 is 0 Å². The van der Waals surface area contributed by atoms with Crippen LogP contribution in [0.1, 0.15) is 19.4 Å². The Morgan fingerprint density at radius 3 is 2.65 bits per heavy atom. The molecule has 5 heteroatoms. The third-order valence-electron chi connectivity index (χ3n) is 3.75. The predicted octanol–water partition coefficient (Wildman–Crippen LogP) is 3.44. The van der Waals surface area contributed by atoms with Crippen LogP contribution in [-0.2, 0) is 4.79 Å². The molecular formula is C21H23NO4. The van der Waals surface area contributed by atoms with Crippen molar-refractivity contribution in [1.82, 2.24) is 5.32 Å². The second kappa shape index (κ2) is 8.43. The van der Waals surface area contributed by atoms with E-state index in [2.05, 4.69) is 5.32 Å². The Balaban J connectivity index is 1.46. The van der Waals surface area contributed by atoms with Crippen LogP contribution in [0.4, 0.5) is 0 Å². The quantitative estimate of drug-likeness (QED) is 0.808. The molecule has 1 aliphatic heterocycles. The molecule has 1 aliphatic rings. The normalized spacial score (nSPS) is 15.9. The summed E-state index contributed by atoms with van der Waals surface area (Å²) in [5.41, 5.74) is 0.933. The largest absolute Gasteiger partial charge is 0.491 e. The molecule has 5 nitrogen and oxygen atoms in total. The second-order valence-electron chi connectivity index (χ2n) is 6.31. The number of nitrogens with one attached hydrogen (secondary N) is 1. The standard InChI is InChI=1S/C21H23NO4/c1-15(2)25-17-10-7-16(8-11-17)9-12-21(23)22-13-18-14-24-19-5-3-4-6-20(19)26-18/h3-12,15,18H,13-14H2,1-2H3,(H,22,23)/b12-9+/t18-/m1/s1. The smallest absolute Gasteiger partial charge is 0.244 e. The monoisotopic (exact) mass is 353 g/mol. The summed E-state index contributed by atoms with van der Waals surface area (Å²) in [6.45, 7) is 4.77. The molecule has 0 fully saturated rings. The number of amides is 1. The highest BCUT2D eigenvalue weighted by Crippen LogP contribution is 2.30. The van der Waals surface area contributed by atoms with Crippen LogP contribution in [0, 0.1) is 0 Å². The first-order chi connectivity index (χ1) is 12.6. The molecule has 0 spiro atoms. The lowest BCUT2D eigenvalue weighted by Gasteiger charge is -2.26. The summed E-state index contributed by atoms with van der Waals surface area (Å²) in [4.78, 5) is 12.0. The zero-order chi connectivity index (χ0) is 18.4. The second-order valence-corrected chi connectivity index (χ2v) is 6.31. The molecule has 0 aliphatic carbocycles. The Morgan fingerprint density at radius 2 is 1.92 bits per heavy atom. The van der Waals surface area contributed by atoms with Gasteiger partial charge in [0.05, 0.1) is 12.6 Å². The number of ether oxygens (including phenoxy) is 3. The first-order valence-electron chi connectivity index (χ1n) is 8.71. The zero-order valence-corrected chi connectivity index (χ0v) is 15.0. The maximum Gasteiger partial charge on any atom is 0.244 e. The molecule has 1 atom stereocenters. The van der Waals surface area contributed by atoms with Crippen LogP contribution in [0.3, 0.4) is 0 Å². The van der Waals surface area contributed by atoms with Gasteiger partial charge >= 0.3 is 0 Å². The molecule has 26 heavy (non-hydrogen) atoms. The lowest BCUT2D eigenvalue weighted by molar-refractivity contribution is -0.116. The number of rotatable bonds is 6. The van der Waals surface area contributed by atoms with Gasteiger partial charge in [0.15, 0.2) is 11.5 Å². The van der Waals surface area contributed by atoms with Crippen molar-refractivity contribution in [1.29, 1.82) is 0 Å². The van der Waals surface area contributed by atoms with E-state index < -0.39 is 0 Å². The Kier molecular flexibility index (Phi) is 5.79. The van der Waals surface area contributed by atoms with Gasteiger partial charge in [0.25, 0.3) is 0 Å². The fourth-order valence-electron chi connectivity index (χ4n) is 2.54. The van der Waals surface area contributed by atoms with Crippen LogP contribution in [0.5, 0.6) is 17.2 Å². The van der Waals surface area contributed by atoms with Gasteiger partial charge in [-0.3, -0.25) is 4.79 Å². The number of hydrogen-bond acceptors (Lipinski definition) is 4. The van der Waals surface area contributed by atoms with E-state index in [0.29, 0.717) is 18.9 Å². The summed E-state index contributed by atoms with van der Waals surface area (Å²) in [5, 5.41) is 2.84. The van der Waals surface area contributed by atoms with Crippen LogP contribution < -0.4 is 19.5 Å². The van der Waals surface area contributed by atoms with Gasteiger partial charge < -0.3 is 19.5 Å².